The van der Waals surface area contributed by atoms with E-state index in [0.717, 1.165) is 6.92 Å². The number of carbonyl (C=O) groups is 2. The Hall–Kier alpha value is -1.10. The Morgan fingerprint density at radius 3 is 1.42 bits per heavy atom. The Balaban J connectivity index is 0. The molecular weight excluding hydrogens is 164 g/mol. The molecule has 0 bridgehead atoms. The van der Waals surface area contributed by atoms with Gasteiger partial charge in [0.05, 0.1) is 0 Å². The lowest BCUT2D eigenvalue weighted by Gasteiger charge is -2.06. The molecule has 0 fully saturated rings. The molecule has 0 saturated carbocycles. The zero-order valence-corrected chi connectivity index (χ0v) is 7.31. The van der Waals surface area contributed by atoms with E-state index in [-0.39, 0.29) is 5.92 Å². The molecule has 0 saturated heterocycles. The molecule has 0 heterocycles. The molecule has 0 aromatic heterocycles. The number of carboxylic acids is 2. The highest BCUT2D eigenvalue weighted by molar-refractivity contribution is 5.72. The van der Waals surface area contributed by atoms with Crippen LogP contribution in [0.1, 0.15) is 20.8 Å². The molecule has 0 aromatic rings. The minimum Gasteiger partial charge on any atom is -0.481 e. The molecule has 1 unspecified atom stereocenters. The number of hydrogen-bond acceptors (Lipinski definition) is 3. The van der Waals surface area contributed by atoms with Gasteiger partial charge in [0.2, 0.25) is 0 Å². The standard InChI is InChI=1S/C5H10O3.C2H4O2/c1-3(2)4(6)5(7)8;1-2(3)4/h3-4,6H,1-2H3,(H,7,8);1H3,(H,3,4). The van der Waals surface area contributed by atoms with E-state index >= 15 is 0 Å². The number of hydrogen-bond donors (Lipinski definition) is 3. The quantitative estimate of drug-likeness (QED) is 0.560. The van der Waals surface area contributed by atoms with Crippen LogP contribution in [0.5, 0.6) is 0 Å². The Labute approximate surface area is 70.6 Å². The number of aliphatic hydroxyl groups is 1. The topological polar surface area (TPSA) is 94.8 Å². The lowest BCUT2D eigenvalue weighted by Crippen LogP contribution is -2.25. The van der Waals surface area contributed by atoms with Gasteiger partial charge in [0, 0.05) is 6.92 Å². The highest BCUT2D eigenvalue weighted by atomic mass is 16.4. The third-order valence-corrected chi connectivity index (χ3v) is 0.884. The van der Waals surface area contributed by atoms with Crippen LogP contribution in [0, 0.1) is 5.92 Å². The van der Waals surface area contributed by atoms with Gasteiger partial charge in [0.1, 0.15) is 0 Å². The zero-order valence-electron chi connectivity index (χ0n) is 7.31. The van der Waals surface area contributed by atoms with Crippen LogP contribution in [0.4, 0.5) is 0 Å². The van der Waals surface area contributed by atoms with Crippen molar-refractivity contribution in [2.24, 2.45) is 5.92 Å². The molecule has 72 valence electrons. The van der Waals surface area contributed by atoms with Crippen LogP contribution in [0.25, 0.3) is 0 Å². The predicted molar refractivity (Wildman–Crippen MR) is 41.8 cm³/mol. The highest BCUT2D eigenvalue weighted by Crippen LogP contribution is 1.99. The maximum atomic E-state index is 9.89. The molecule has 3 N–H and O–H groups in total. The Morgan fingerprint density at radius 2 is 1.42 bits per heavy atom. The monoisotopic (exact) mass is 178 g/mol. The average molecular weight is 178 g/mol. The SMILES string of the molecule is CC(=O)O.CC(C)C(O)C(=O)O. The van der Waals surface area contributed by atoms with Crippen LogP contribution in [0.15, 0.2) is 0 Å². The van der Waals surface area contributed by atoms with Crippen molar-refractivity contribution in [3.8, 4) is 0 Å². The van der Waals surface area contributed by atoms with Crippen LogP contribution in [0.2, 0.25) is 0 Å². The van der Waals surface area contributed by atoms with E-state index in [1.165, 1.54) is 0 Å². The second-order valence-electron chi connectivity index (χ2n) is 2.55. The Kier molecular flexibility index (Phi) is 7.42. The van der Waals surface area contributed by atoms with Gasteiger partial charge in [-0.15, -0.1) is 0 Å². The maximum absolute atomic E-state index is 9.89. The molecule has 1 atom stereocenters. The summed E-state index contributed by atoms with van der Waals surface area (Å²) in [7, 11) is 0. The van der Waals surface area contributed by atoms with E-state index in [9.17, 15) is 4.79 Å². The first-order valence-corrected chi connectivity index (χ1v) is 3.39. The van der Waals surface area contributed by atoms with Gasteiger partial charge in [0.25, 0.3) is 5.97 Å². The summed E-state index contributed by atoms with van der Waals surface area (Å²) < 4.78 is 0. The summed E-state index contributed by atoms with van der Waals surface area (Å²) in [4.78, 5) is 18.9. The van der Waals surface area contributed by atoms with E-state index in [0.29, 0.717) is 0 Å². The van der Waals surface area contributed by atoms with Crippen molar-refractivity contribution in [2.75, 3.05) is 0 Å². The van der Waals surface area contributed by atoms with Gasteiger partial charge in [-0.05, 0) is 5.92 Å². The van der Waals surface area contributed by atoms with Crippen molar-refractivity contribution < 1.29 is 24.9 Å². The van der Waals surface area contributed by atoms with Crippen LogP contribution in [-0.4, -0.2) is 33.4 Å². The molecule has 0 radical (unpaired) electrons. The van der Waals surface area contributed by atoms with E-state index in [1.807, 2.05) is 0 Å². The lowest BCUT2D eigenvalue weighted by molar-refractivity contribution is -0.148. The van der Waals surface area contributed by atoms with Crippen LogP contribution >= 0.6 is 0 Å². The van der Waals surface area contributed by atoms with Crippen molar-refractivity contribution in [1.29, 1.82) is 0 Å². The predicted octanol–water partition coefficient (Wildman–Crippen LogP) is 0.179. The summed E-state index contributed by atoms with van der Waals surface area (Å²) in [5, 5.41) is 24.1. The van der Waals surface area contributed by atoms with Crippen LogP contribution in [-0.2, 0) is 9.59 Å². The number of aliphatic carboxylic acids is 2. The summed E-state index contributed by atoms with van der Waals surface area (Å²) in [6, 6.07) is 0. The second-order valence-corrected chi connectivity index (χ2v) is 2.55. The minimum atomic E-state index is -1.21. The van der Waals surface area contributed by atoms with Gasteiger partial charge >= 0.3 is 5.97 Å². The van der Waals surface area contributed by atoms with Gasteiger partial charge in [-0.2, -0.15) is 0 Å². The van der Waals surface area contributed by atoms with Gasteiger partial charge in [-0.3, -0.25) is 4.79 Å². The maximum Gasteiger partial charge on any atom is 0.332 e. The molecule has 0 rings (SSSR count). The molecule has 5 nitrogen and oxygen atoms in total. The van der Waals surface area contributed by atoms with E-state index < -0.39 is 18.0 Å². The van der Waals surface area contributed by atoms with E-state index in [2.05, 4.69) is 0 Å². The Morgan fingerprint density at radius 1 is 1.17 bits per heavy atom. The van der Waals surface area contributed by atoms with Crippen molar-refractivity contribution >= 4 is 11.9 Å². The fraction of sp³-hybridized carbons (Fsp3) is 0.714. The first kappa shape index (κ1) is 13.5. The fourth-order valence-corrected chi connectivity index (χ4v) is 0.285. The lowest BCUT2D eigenvalue weighted by atomic mass is 10.1. The van der Waals surface area contributed by atoms with Crippen molar-refractivity contribution in [3.63, 3.8) is 0 Å². The Bertz CT molecular complexity index is 148. The van der Waals surface area contributed by atoms with Crippen molar-refractivity contribution in [2.45, 2.75) is 26.9 Å². The van der Waals surface area contributed by atoms with Crippen molar-refractivity contribution in [1.82, 2.24) is 0 Å². The summed E-state index contributed by atoms with van der Waals surface area (Å²) in [6.07, 6.45) is -1.21. The number of aliphatic hydroxyl groups excluding tert-OH is 1. The third kappa shape index (κ3) is 11.7. The number of carboxylic acid groups (broad SMARTS) is 2. The van der Waals surface area contributed by atoms with Crippen LogP contribution < -0.4 is 0 Å². The van der Waals surface area contributed by atoms with Gasteiger partial charge in [0.15, 0.2) is 6.10 Å². The van der Waals surface area contributed by atoms with Gasteiger partial charge < -0.3 is 15.3 Å². The average Bonchev–Trinajstić information content (AvgIpc) is 1.84. The molecule has 0 aliphatic carbocycles. The smallest absolute Gasteiger partial charge is 0.332 e. The molecular formula is C7H14O5. The molecule has 0 amide bonds. The zero-order chi connectivity index (χ0) is 10.3. The van der Waals surface area contributed by atoms with E-state index in [4.69, 9.17) is 20.1 Å². The molecule has 0 aliphatic heterocycles. The summed E-state index contributed by atoms with van der Waals surface area (Å²) in [6.45, 7) is 4.39. The van der Waals surface area contributed by atoms with E-state index in [1.54, 1.807) is 13.8 Å². The minimum absolute atomic E-state index is 0.201. The molecule has 5 heteroatoms. The first-order chi connectivity index (χ1) is 5.29. The van der Waals surface area contributed by atoms with Crippen LogP contribution in [0.3, 0.4) is 0 Å². The van der Waals surface area contributed by atoms with Gasteiger partial charge in [-0.25, -0.2) is 4.79 Å². The number of rotatable bonds is 2. The summed E-state index contributed by atoms with van der Waals surface area (Å²) in [5.41, 5.74) is 0. The largest absolute Gasteiger partial charge is 0.481 e. The highest BCUT2D eigenvalue weighted by Gasteiger charge is 2.16. The third-order valence-electron chi connectivity index (χ3n) is 0.884. The molecule has 0 aliphatic rings. The first-order valence-electron chi connectivity index (χ1n) is 3.39. The fourth-order valence-electron chi connectivity index (χ4n) is 0.285. The molecule has 0 spiro atoms. The second kappa shape index (κ2) is 6.60. The summed E-state index contributed by atoms with van der Waals surface area (Å²) >= 11 is 0. The molecule has 0 aromatic carbocycles. The summed E-state index contributed by atoms with van der Waals surface area (Å²) in [5.74, 6) is -2.19. The normalized spacial score (nSPS) is 11.4. The molecule has 12 heavy (non-hydrogen) atoms. The van der Waals surface area contributed by atoms with Gasteiger partial charge in [-0.1, -0.05) is 13.8 Å². The van der Waals surface area contributed by atoms with Crippen molar-refractivity contribution in [3.05, 3.63) is 0 Å².